The van der Waals surface area contributed by atoms with E-state index in [0.717, 1.165) is 6.42 Å². The molecule has 0 spiro atoms. The van der Waals surface area contributed by atoms with E-state index < -0.39 is 6.61 Å². The topological polar surface area (TPSA) is 9.23 Å². The summed E-state index contributed by atoms with van der Waals surface area (Å²) in [5.41, 5.74) is 0. The summed E-state index contributed by atoms with van der Waals surface area (Å²) in [6.45, 7) is 5.37. The standard InChI is InChI=1S/C6H12F2O.C2H6/c1-3-5(2)4-9-6(7)8;1-2/h5-6H,3-4H2,1-2H3;1-2H3. The van der Waals surface area contributed by atoms with Gasteiger partial charge in [-0.15, -0.1) is 0 Å². The molecule has 0 heterocycles. The molecule has 0 aliphatic carbocycles. The zero-order chi connectivity index (χ0) is 9.28. The van der Waals surface area contributed by atoms with E-state index in [-0.39, 0.29) is 12.5 Å². The maximum Gasteiger partial charge on any atom is 0.345 e. The Labute approximate surface area is 67.7 Å². The molecule has 0 aromatic carbocycles. The highest BCUT2D eigenvalue weighted by atomic mass is 19.3. The first kappa shape index (κ1) is 13.4. The fourth-order valence-corrected chi connectivity index (χ4v) is 0.355. The van der Waals surface area contributed by atoms with Crippen molar-refractivity contribution < 1.29 is 13.5 Å². The second-order valence-electron chi connectivity index (χ2n) is 2.11. The molecule has 3 heteroatoms. The maximum absolute atomic E-state index is 11.3. The molecule has 0 aliphatic heterocycles. The van der Waals surface area contributed by atoms with Gasteiger partial charge in [0.05, 0.1) is 6.61 Å². The van der Waals surface area contributed by atoms with Crippen LogP contribution in [0.2, 0.25) is 0 Å². The van der Waals surface area contributed by atoms with Crippen molar-refractivity contribution in [2.45, 2.75) is 40.7 Å². The summed E-state index contributed by atoms with van der Waals surface area (Å²) < 4.78 is 26.7. The Kier molecular flexibility index (Phi) is 12.0. The van der Waals surface area contributed by atoms with Crippen molar-refractivity contribution in [2.75, 3.05) is 6.61 Å². The Hall–Kier alpha value is -0.180. The van der Waals surface area contributed by atoms with E-state index in [2.05, 4.69) is 4.74 Å². The lowest BCUT2D eigenvalue weighted by molar-refractivity contribution is -0.137. The van der Waals surface area contributed by atoms with E-state index in [1.165, 1.54) is 0 Å². The number of halogens is 2. The first-order chi connectivity index (χ1) is 5.16. The summed E-state index contributed by atoms with van der Waals surface area (Å²) >= 11 is 0. The highest BCUT2D eigenvalue weighted by molar-refractivity contribution is 4.44. The third-order valence-corrected chi connectivity index (χ3v) is 1.20. The third kappa shape index (κ3) is 12.9. The summed E-state index contributed by atoms with van der Waals surface area (Å²) in [5, 5.41) is 0. The maximum atomic E-state index is 11.3. The average Bonchev–Trinajstić information content (AvgIpc) is 2.04. The molecule has 1 nitrogen and oxygen atoms in total. The van der Waals surface area contributed by atoms with Gasteiger partial charge in [0.15, 0.2) is 0 Å². The second-order valence-corrected chi connectivity index (χ2v) is 2.11. The van der Waals surface area contributed by atoms with Crippen LogP contribution < -0.4 is 0 Å². The normalized spacial score (nSPS) is 12.3. The van der Waals surface area contributed by atoms with Gasteiger partial charge >= 0.3 is 6.61 Å². The van der Waals surface area contributed by atoms with Crippen LogP contribution in [0.1, 0.15) is 34.1 Å². The minimum Gasteiger partial charge on any atom is -0.323 e. The Balaban J connectivity index is 0. The summed E-state index contributed by atoms with van der Waals surface area (Å²) in [6, 6.07) is 0. The summed E-state index contributed by atoms with van der Waals surface area (Å²) in [7, 11) is 0. The molecule has 1 atom stereocenters. The van der Waals surface area contributed by atoms with E-state index in [1.54, 1.807) is 0 Å². The van der Waals surface area contributed by atoms with Crippen LogP contribution in [0.25, 0.3) is 0 Å². The van der Waals surface area contributed by atoms with Gasteiger partial charge in [0.2, 0.25) is 0 Å². The van der Waals surface area contributed by atoms with E-state index in [9.17, 15) is 8.78 Å². The monoisotopic (exact) mass is 168 g/mol. The Morgan fingerprint density at radius 2 is 1.73 bits per heavy atom. The van der Waals surface area contributed by atoms with Gasteiger partial charge in [-0.1, -0.05) is 34.1 Å². The van der Waals surface area contributed by atoms with Crippen LogP contribution in [-0.4, -0.2) is 13.2 Å². The van der Waals surface area contributed by atoms with Crippen LogP contribution >= 0.6 is 0 Å². The highest BCUT2D eigenvalue weighted by Crippen LogP contribution is 2.03. The molecule has 0 saturated carbocycles. The second kappa shape index (κ2) is 9.82. The molecule has 0 saturated heterocycles. The molecule has 0 amide bonds. The minimum atomic E-state index is -2.61. The average molecular weight is 168 g/mol. The van der Waals surface area contributed by atoms with Crippen molar-refractivity contribution in [1.29, 1.82) is 0 Å². The van der Waals surface area contributed by atoms with E-state index in [1.807, 2.05) is 27.7 Å². The predicted molar refractivity (Wildman–Crippen MR) is 42.8 cm³/mol. The van der Waals surface area contributed by atoms with Crippen LogP contribution in [0.4, 0.5) is 8.78 Å². The van der Waals surface area contributed by atoms with Gasteiger partial charge in [-0.3, -0.25) is 0 Å². The highest BCUT2D eigenvalue weighted by Gasteiger charge is 2.04. The number of rotatable bonds is 4. The number of hydrogen-bond donors (Lipinski definition) is 0. The zero-order valence-corrected chi connectivity index (χ0v) is 7.73. The van der Waals surface area contributed by atoms with Gasteiger partial charge in [-0.25, -0.2) is 0 Å². The summed E-state index contributed by atoms with van der Waals surface area (Å²) in [4.78, 5) is 0. The van der Waals surface area contributed by atoms with Gasteiger partial charge in [0.1, 0.15) is 0 Å². The lowest BCUT2D eigenvalue weighted by atomic mass is 10.1. The molecule has 0 N–H and O–H groups in total. The third-order valence-electron chi connectivity index (χ3n) is 1.20. The molecule has 11 heavy (non-hydrogen) atoms. The number of hydrogen-bond acceptors (Lipinski definition) is 1. The lowest BCUT2D eigenvalue weighted by Crippen LogP contribution is -2.08. The zero-order valence-electron chi connectivity index (χ0n) is 7.73. The van der Waals surface area contributed by atoms with E-state index >= 15 is 0 Å². The molecule has 0 aromatic heterocycles. The molecule has 0 fully saturated rings. The van der Waals surface area contributed by atoms with Crippen molar-refractivity contribution in [3.8, 4) is 0 Å². The van der Waals surface area contributed by atoms with E-state index in [4.69, 9.17) is 0 Å². The fraction of sp³-hybridized carbons (Fsp3) is 1.00. The van der Waals surface area contributed by atoms with Gasteiger partial charge < -0.3 is 4.74 Å². The molecule has 0 aliphatic rings. The smallest absolute Gasteiger partial charge is 0.323 e. The van der Waals surface area contributed by atoms with Crippen LogP contribution in [0.15, 0.2) is 0 Å². The molecule has 0 aromatic rings. The quantitative estimate of drug-likeness (QED) is 0.625. The summed E-state index contributed by atoms with van der Waals surface area (Å²) in [5.74, 6) is 0.235. The molecule has 0 bridgehead atoms. The van der Waals surface area contributed by atoms with Crippen molar-refractivity contribution >= 4 is 0 Å². The molecular weight excluding hydrogens is 150 g/mol. The number of ether oxygens (including phenoxy) is 1. The largest absolute Gasteiger partial charge is 0.345 e. The molecule has 0 radical (unpaired) electrons. The molecule has 1 unspecified atom stereocenters. The molecule has 0 rings (SSSR count). The van der Waals surface area contributed by atoms with Crippen LogP contribution in [0.3, 0.4) is 0 Å². The Bertz CT molecular complexity index is 67.1. The van der Waals surface area contributed by atoms with Crippen LogP contribution in [-0.2, 0) is 4.74 Å². The van der Waals surface area contributed by atoms with Gasteiger partial charge in [0, 0.05) is 0 Å². The first-order valence-corrected chi connectivity index (χ1v) is 4.06. The Morgan fingerprint density at radius 3 is 2.00 bits per heavy atom. The van der Waals surface area contributed by atoms with Gasteiger partial charge in [0.25, 0.3) is 0 Å². The SMILES string of the molecule is CC.CCC(C)COC(F)F. The fourth-order valence-electron chi connectivity index (χ4n) is 0.355. The molecular formula is C8H18F2O. The summed E-state index contributed by atoms with van der Waals surface area (Å²) in [6.07, 6.45) is 0.882. The van der Waals surface area contributed by atoms with Crippen LogP contribution in [0.5, 0.6) is 0 Å². The first-order valence-electron chi connectivity index (χ1n) is 4.06. The van der Waals surface area contributed by atoms with Crippen molar-refractivity contribution in [2.24, 2.45) is 5.92 Å². The van der Waals surface area contributed by atoms with Gasteiger partial charge in [-0.2, -0.15) is 8.78 Å². The van der Waals surface area contributed by atoms with Gasteiger partial charge in [-0.05, 0) is 5.92 Å². The Morgan fingerprint density at radius 1 is 1.27 bits per heavy atom. The minimum absolute atomic E-state index is 0.161. The lowest BCUT2D eigenvalue weighted by Gasteiger charge is -2.07. The van der Waals surface area contributed by atoms with Crippen molar-refractivity contribution in [3.05, 3.63) is 0 Å². The molecule has 70 valence electrons. The van der Waals surface area contributed by atoms with Crippen molar-refractivity contribution in [3.63, 3.8) is 0 Å². The number of alkyl halides is 2. The van der Waals surface area contributed by atoms with E-state index in [0.29, 0.717) is 0 Å². The predicted octanol–water partition coefficient (Wildman–Crippen LogP) is 3.30. The van der Waals surface area contributed by atoms with Crippen LogP contribution in [0, 0.1) is 5.92 Å². The van der Waals surface area contributed by atoms with Crippen molar-refractivity contribution in [1.82, 2.24) is 0 Å².